The minimum Gasteiger partial charge on any atom is -0.370 e. The Morgan fingerprint density at radius 1 is 0.882 bits per heavy atom. The van der Waals surface area contributed by atoms with Crippen LogP contribution in [0.1, 0.15) is 43.5 Å². The van der Waals surface area contributed by atoms with Crippen molar-refractivity contribution in [1.29, 1.82) is 0 Å². The molecule has 8 nitrogen and oxygen atoms in total. The first-order valence-corrected chi connectivity index (χ1v) is 12.4. The Bertz CT molecular complexity index is 1410. The van der Waals surface area contributed by atoms with Crippen LogP contribution in [-0.4, -0.2) is 61.1 Å². The number of aromatic nitrogens is 5. The zero-order valence-corrected chi connectivity index (χ0v) is 19.9. The number of rotatable bonds is 3. The van der Waals surface area contributed by atoms with Gasteiger partial charge in [-0.3, -0.25) is 14.2 Å². The quantitative estimate of drug-likeness (QED) is 0.469. The zero-order chi connectivity index (χ0) is 23.2. The Balaban J connectivity index is 1.25. The minimum atomic E-state index is -0.0897. The van der Waals surface area contributed by atoms with Crippen LogP contribution < -0.4 is 10.5 Å². The molecule has 176 valence electrons. The number of pyridine rings is 1. The van der Waals surface area contributed by atoms with Crippen LogP contribution >= 0.6 is 0 Å². The molecule has 6 rings (SSSR count). The van der Waals surface area contributed by atoms with Crippen LogP contribution in [0.2, 0.25) is 0 Å². The predicted molar refractivity (Wildman–Crippen MR) is 134 cm³/mol. The van der Waals surface area contributed by atoms with Gasteiger partial charge in [0.15, 0.2) is 0 Å². The molecule has 2 aliphatic heterocycles. The van der Waals surface area contributed by atoms with Crippen molar-refractivity contribution in [2.45, 2.75) is 52.0 Å². The molecule has 2 saturated heterocycles. The van der Waals surface area contributed by atoms with E-state index in [0.717, 1.165) is 35.7 Å². The van der Waals surface area contributed by atoms with E-state index >= 15 is 0 Å². The molecule has 2 fully saturated rings. The Labute approximate surface area is 198 Å². The summed E-state index contributed by atoms with van der Waals surface area (Å²) < 4.78 is 3.47. The SMILES string of the molecule is Cc1cn2nc(-c3cc(=O)n4cc(N5CCC(N6CCCCC6)CC5)ccc4n3)cc2c(C)n1. The largest absolute Gasteiger partial charge is 0.370 e. The molecule has 0 bridgehead atoms. The maximum atomic E-state index is 13.1. The fraction of sp³-hybridized carbons (Fsp3) is 0.462. The zero-order valence-electron chi connectivity index (χ0n) is 19.9. The van der Waals surface area contributed by atoms with Crippen LogP contribution in [-0.2, 0) is 0 Å². The summed E-state index contributed by atoms with van der Waals surface area (Å²) in [5.41, 5.74) is 5.63. The average Bonchev–Trinajstić information content (AvgIpc) is 3.29. The van der Waals surface area contributed by atoms with Crippen molar-refractivity contribution < 1.29 is 0 Å². The lowest BCUT2D eigenvalue weighted by atomic mass is 9.99. The van der Waals surface area contributed by atoms with Crippen LogP contribution in [0.4, 0.5) is 5.69 Å². The average molecular weight is 458 g/mol. The van der Waals surface area contributed by atoms with E-state index in [4.69, 9.17) is 4.98 Å². The molecule has 34 heavy (non-hydrogen) atoms. The van der Waals surface area contributed by atoms with Crippen molar-refractivity contribution in [3.8, 4) is 11.4 Å². The summed E-state index contributed by atoms with van der Waals surface area (Å²) in [7, 11) is 0. The lowest BCUT2D eigenvalue weighted by Gasteiger charge is -2.41. The van der Waals surface area contributed by atoms with Crippen LogP contribution in [0.15, 0.2) is 41.5 Å². The molecule has 0 aromatic carbocycles. The number of piperidine rings is 2. The van der Waals surface area contributed by atoms with E-state index in [1.54, 1.807) is 10.5 Å². The van der Waals surface area contributed by atoms with Gasteiger partial charge in [0.2, 0.25) is 0 Å². The van der Waals surface area contributed by atoms with Gasteiger partial charge in [0.25, 0.3) is 5.56 Å². The van der Waals surface area contributed by atoms with E-state index < -0.39 is 0 Å². The van der Waals surface area contributed by atoms with Gasteiger partial charge in [0.05, 0.1) is 34.5 Å². The molecule has 0 saturated carbocycles. The number of likely N-dealkylation sites (tertiary alicyclic amines) is 1. The smallest absolute Gasteiger partial charge is 0.258 e. The number of hydrogen-bond acceptors (Lipinski definition) is 6. The Hall–Kier alpha value is -3.26. The standard InChI is InChI=1S/C26H31N7O/c1-18-16-33-24(19(2)27-18)14-23(29-33)22-15-26(34)32-17-21(6-7-25(32)28-22)31-12-8-20(9-13-31)30-10-4-3-5-11-30/h6-7,14-17,20H,3-5,8-13H2,1-2H3. The minimum absolute atomic E-state index is 0.0897. The Morgan fingerprint density at radius 3 is 2.47 bits per heavy atom. The molecule has 0 amide bonds. The van der Waals surface area contributed by atoms with Gasteiger partial charge in [-0.25, -0.2) is 9.50 Å². The fourth-order valence-electron chi connectivity index (χ4n) is 5.60. The summed E-state index contributed by atoms with van der Waals surface area (Å²) in [5, 5.41) is 4.64. The molecule has 0 aliphatic carbocycles. The van der Waals surface area contributed by atoms with Crippen molar-refractivity contribution in [2.75, 3.05) is 31.1 Å². The lowest BCUT2D eigenvalue weighted by molar-refractivity contribution is 0.141. The van der Waals surface area contributed by atoms with Crippen molar-refractivity contribution in [3.05, 3.63) is 58.4 Å². The molecular formula is C26H31N7O. The highest BCUT2D eigenvalue weighted by atomic mass is 16.1. The van der Waals surface area contributed by atoms with Crippen molar-refractivity contribution in [2.24, 2.45) is 0 Å². The normalized spacial score (nSPS) is 18.2. The Kier molecular flexibility index (Phi) is 5.32. The second-order valence-corrected chi connectivity index (χ2v) is 9.74. The van der Waals surface area contributed by atoms with Gasteiger partial charge in [-0.15, -0.1) is 0 Å². The highest BCUT2D eigenvalue weighted by molar-refractivity contribution is 5.66. The van der Waals surface area contributed by atoms with E-state index in [9.17, 15) is 4.79 Å². The number of fused-ring (bicyclic) bond motifs is 2. The summed E-state index contributed by atoms with van der Waals surface area (Å²) in [6.45, 7) is 8.48. The highest BCUT2D eigenvalue weighted by Crippen LogP contribution is 2.25. The van der Waals surface area contributed by atoms with E-state index in [1.807, 2.05) is 42.9 Å². The number of anilines is 1. The molecule has 4 aromatic heterocycles. The van der Waals surface area contributed by atoms with Gasteiger partial charge in [-0.2, -0.15) is 5.10 Å². The number of hydrogen-bond donors (Lipinski definition) is 0. The third-order valence-corrected chi connectivity index (χ3v) is 7.40. The van der Waals surface area contributed by atoms with E-state index in [0.29, 0.717) is 23.1 Å². The van der Waals surface area contributed by atoms with Crippen LogP contribution in [0.5, 0.6) is 0 Å². The molecule has 4 aromatic rings. The van der Waals surface area contributed by atoms with Crippen LogP contribution in [0.25, 0.3) is 22.6 Å². The molecule has 0 atom stereocenters. The summed E-state index contributed by atoms with van der Waals surface area (Å²) in [6, 6.07) is 8.27. The summed E-state index contributed by atoms with van der Waals surface area (Å²) in [5.74, 6) is 0. The van der Waals surface area contributed by atoms with Gasteiger partial charge in [-0.1, -0.05) is 6.42 Å². The van der Waals surface area contributed by atoms with Gasteiger partial charge < -0.3 is 9.80 Å². The molecule has 0 N–H and O–H groups in total. The van der Waals surface area contributed by atoms with Gasteiger partial charge >= 0.3 is 0 Å². The van der Waals surface area contributed by atoms with Crippen molar-refractivity contribution >= 4 is 16.9 Å². The monoisotopic (exact) mass is 457 g/mol. The number of nitrogens with zero attached hydrogens (tertiary/aromatic N) is 7. The second-order valence-electron chi connectivity index (χ2n) is 9.74. The molecule has 6 heterocycles. The summed E-state index contributed by atoms with van der Waals surface area (Å²) in [4.78, 5) is 27.4. The van der Waals surface area contributed by atoms with Crippen molar-refractivity contribution in [1.82, 2.24) is 28.9 Å². The topological polar surface area (TPSA) is 71.0 Å². The third kappa shape index (κ3) is 3.86. The van der Waals surface area contributed by atoms with Crippen LogP contribution in [0, 0.1) is 13.8 Å². The first-order chi connectivity index (χ1) is 16.5. The van der Waals surface area contributed by atoms with E-state index in [1.165, 1.54) is 45.2 Å². The first kappa shape index (κ1) is 21.3. The van der Waals surface area contributed by atoms with Gasteiger partial charge in [0, 0.05) is 31.4 Å². The highest BCUT2D eigenvalue weighted by Gasteiger charge is 2.26. The van der Waals surface area contributed by atoms with Crippen LogP contribution in [0.3, 0.4) is 0 Å². The predicted octanol–water partition coefficient (Wildman–Crippen LogP) is 3.48. The first-order valence-electron chi connectivity index (χ1n) is 12.4. The maximum Gasteiger partial charge on any atom is 0.258 e. The fourth-order valence-corrected chi connectivity index (χ4v) is 5.60. The van der Waals surface area contributed by atoms with Crippen molar-refractivity contribution in [3.63, 3.8) is 0 Å². The van der Waals surface area contributed by atoms with E-state index in [2.05, 4.69) is 25.9 Å². The lowest BCUT2D eigenvalue weighted by Crippen LogP contribution is -2.46. The molecule has 2 aliphatic rings. The van der Waals surface area contributed by atoms with E-state index in [-0.39, 0.29) is 5.56 Å². The number of aryl methyl sites for hydroxylation is 2. The molecular weight excluding hydrogens is 426 g/mol. The summed E-state index contributed by atoms with van der Waals surface area (Å²) >= 11 is 0. The Morgan fingerprint density at radius 2 is 1.68 bits per heavy atom. The second kappa shape index (κ2) is 8.51. The summed E-state index contributed by atoms with van der Waals surface area (Å²) in [6.07, 6.45) is 10.3. The molecule has 0 radical (unpaired) electrons. The maximum absolute atomic E-state index is 13.1. The third-order valence-electron chi connectivity index (χ3n) is 7.40. The van der Waals surface area contributed by atoms with Gasteiger partial charge in [-0.05, 0) is 70.8 Å². The molecule has 0 spiro atoms. The molecule has 0 unspecified atom stereocenters. The van der Waals surface area contributed by atoms with Gasteiger partial charge in [0.1, 0.15) is 11.3 Å². The molecule has 8 heteroatoms.